The second-order valence-corrected chi connectivity index (χ2v) is 11.4. The molecule has 42 heavy (non-hydrogen) atoms. The highest BCUT2D eigenvalue weighted by Gasteiger charge is 2.21. The predicted molar refractivity (Wildman–Crippen MR) is 167 cm³/mol. The highest BCUT2D eigenvalue weighted by molar-refractivity contribution is 6.02. The molecule has 2 aromatic carbocycles. The van der Waals surface area contributed by atoms with Crippen molar-refractivity contribution in [3.05, 3.63) is 53.6 Å². The molecule has 232 valence electrons. The molecular formula is C32H48N4O6. The number of aryl methyl sites for hydroxylation is 1. The highest BCUT2D eigenvalue weighted by Crippen LogP contribution is 2.34. The molecule has 0 aromatic heterocycles. The second kappa shape index (κ2) is 17.2. The molecule has 0 heterocycles. The number of aliphatic hydroxyl groups excluding tert-OH is 1. The lowest BCUT2D eigenvalue weighted by atomic mass is 9.92. The Morgan fingerprint density at radius 3 is 2.14 bits per heavy atom. The van der Waals surface area contributed by atoms with Gasteiger partial charge in [-0.05, 0) is 60.9 Å². The largest absolute Gasteiger partial charge is 0.428 e. The number of ether oxygens (including phenoxy) is 2. The lowest BCUT2D eigenvalue weighted by molar-refractivity contribution is -0.152. The molecule has 3 N–H and O–H groups in total. The Morgan fingerprint density at radius 1 is 0.929 bits per heavy atom. The van der Waals surface area contributed by atoms with Crippen LogP contribution in [0.15, 0.2) is 42.5 Å². The summed E-state index contributed by atoms with van der Waals surface area (Å²) in [5.41, 5.74) is 4.25. The van der Waals surface area contributed by atoms with Crippen LogP contribution >= 0.6 is 0 Å². The van der Waals surface area contributed by atoms with Crippen molar-refractivity contribution in [2.75, 3.05) is 55.6 Å². The van der Waals surface area contributed by atoms with Gasteiger partial charge in [0.1, 0.15) is 0 Å². The maximum atomic E-state index is 13.1. The third kappa shape index (κ3) is 11.6. The summed E-state index contributed by atoms with van der Waals surface area (Å²) in [6.07, 6.45) is 0.0484. The summed E-state index contributed by atoms with van der Waals surface area (Å²) in [4.78, 5) is 41.0. The van der Waals surface area contributed by atoms with Crippen molar-refractivity contribution in [1.29, 1.82) is 0 Å². The monoisotopic (exact) mass is 584 g/mol. The van der Waals surface area contributed by atoms with E-state index in [0.29, 0.717) is 29.6 Å². The second-order valence-electron chi connectivity index (χ2n) is 11.4. The fraction of sp³-hybridized carbons (Fsp3) is 0.531. The van der Waals surface area contributed by atoms with Crippen molar-refractivity contribution in [2.24, 2.45) is 11.8 Å². The Labute approximate surface area is 250 Å². The summed E-state index contributed by atoms with van der Waals surface area (Å²) in [6.45, 7) is 13.7. The van der Waals surface area contributed by atoms with Crippen LogP contribution in [0.1, 0.15) is 64.5 Å². The van der Waals surface area contributed by atoms with Gasteiger partial charge in [-0.25, -0.2) is 9.59 Å². The normalized spacial score (nSPS) is 11.7. The van der Waals surface area contributed by atoms with Gasteiger partial charge in [-0.1, -0.05) is 58.4 Å². The maximum Gasteiger partial charge on any atom is 0.412 e. The number of benzene rings is 2. The van der Waals surface area contributed by atoms with Gasteiger partial charge in [0, 0.05) is 32.4 Å². The Bertz CT molecular complexity index is 1140. The van der Waals surface area contributed by atoms with Crippen LogP contribution in [0.4, 0.5) is 26.7 Å². The predicted octanol–water partition coefficient (Wildman–Crippen LogP) is 6.20. The molecule has 2 rings (SSSR count). The van der Waals surface area contributed by atoms with Crippen molar-refractivity contribution in [3.8, 4) is 0 Å². The topological polar surface area (TPSA) is 120 Å². The van der Waals surface area contributed by atoms with Gasteiger partial charge in [0.05, 0.1) is 24.4 Å². The van der Waals surface area contributed by atoms with Crippen molar-refractivity contribution in [1.82, 2.24) is 4.90 Å². The molecule has 2 aromatic rings. The van der Waals surface area contributed by atoms with Gasteiger partial charge in [0.15, 0.2) is 0 Å². The summed E-state index contributed by atoms with van der Waals surface area (Å²) in [6, 6.07) is 13.2. The number of rotatable bonds is 15. The molecule has 0 aliphatic rings. The first-order chi connectivity index (χ1) is 19.9. The Kier molecular flexibility index (Phi) is 14.1. The molecule has 10 nitrogen and oxygen atoms in total. The van der Waals surface area contributed by atoms with Crippen LogP contribution < -0.4 is 15.5 Å². The quantitative estimate of drug-likeness (QED) is 0.168. The number of hydrogen-bond donors (Lipinski definition) is 3. The number of carbonyl (C=O) groups excluding carboxylic acids is 3. The van der Waals surface area contributed by atoms with Crippen molar-refractivity contribution in [2.45, 2.75) is 60.3 Å². The van der Waals surface area contributed by atoms with E-state index in [4.69, 9.17) is 14.6 Å². The smallest absolute Gasteiger partial charge is 0.412 e. The molecule has 0 saturated heterocycles. The Hall–Kier alpha value is -3.79. The van der Waals surface area contributed by atoms with Crippen LogP contribution in [0, 0.1) is 18.8 Å². The van der Waals surface area contributed by atoms with Gasteiger partial charge in [0.2, 0.25) is 6.79 Å². The number of hydrogen-bond acceptors (Lipinski definition) is 7. The van der Waals surface area contributed by atoms with Crippen molar-refractivity contribution >= 4 is 35.2 Å². The molecule has 3 amide bonds. The molecule has 0 unspecified atom stereocenters. The minimum Gasteiger partial charge on any atom is -0.428 e. The van der Waals surface area contributed by atoms with E-state index >= 15 is 0 Å². The van der Waals surface area contributed by atoms with Crippen molar-refractivity contribution < 1.29 is 29.0 Å². The van der Waals surface area contributed by atoms with Gasteiger partial charge < -0.3 is 35.0 Å². The van der Waals surface area contributed by atoms with Gasteiger partial charge in [-0.15, -0.1) is 0 Å². The number of aliphatic hydroxyl groups is 1. The fourth-order valence-electron chi connectivity index (χ4n) is 4.51. The number of anilines is 3. The molecule has 0 spiro atoms. The van der Waals surface area contributed by atoms with Crippen LogP contribution in [-0.4, -0.2) is 68.2 Å². The molecule has 0 bridgehead atoms. The van der Waals surface area contributed by atoms with Gasteiger partial charge in [-0.2, -0.15) is 0 Å². The number of carbonyl (C=O) groups is 3. The third-order valence-electron chi connectivity index (χ3n) is 6.62. The molecule has 0 fully saturated rings. The summed E-state index contributed by atoms with van der Waals surface area (Å²) >= 11 is 0. The van der Waals surface area contributed by atoms with Gasteiger partial charge in [-0.3, -0.25) is 4.79 Å². The lowest BCUT2D eigenvalue weighted by Gasteiger charge is -2.31. The van der Waals surface area contributed by atoms with Crippen molar-refractivity contribution in [3.63, 3.8) is 0 Å². The minimum atomic E-state index is -0.688. The maximum absolute atomic E-state index is 13.1. The molecule has 0 radical (unpaired) electrons. The van der Waals surface area contributed by atoms with E-state index in [1.165, 1.54) is 11.9 Å². The van der Waals surface area contributed by atoms with E-state index < -0.39 is 18.9 Å². The molecule has 0 aliphatic heterocycles. The van der Waals surface area contributed by atoms with E-state index in [1.54, 1.807) is 0 Å². The minimum absolute atomic E-state index is 0.0799. The fourth-order valence-corrected chi connectivity index (χ4v) is 4.51. The summed E-state index contributed by atoms with van der Waals surface area (Å²) < 4.78 is 10.1. The van der Waals surface area contributed by atoms with Gasteiger partial charge >= 0.3 is 18.1 Å². The number of urea groups is 1. The average molecular weight is 585 g/mol. The first-order valence-electron chi connectivity index (χ1n) is 14.6. The molecule has 10 heteroatoms. The van der Waals surface area contributed by atoms with Crippen LogP contribution in [0.3, 0.4) is 0 Å². The number of nitrogens with one attached hydrogen (secondary N) is 2. The number of nitrogens with zero attached hydrogens (tertiary/aromatic N) is 2. The van der Waals surface area contributed by atoms with Crippen LogP contribution in [0.2, 0.25) is 0 Å². The highest BCUT2D eigenvalue weighted by atomic mass is 16.7. The van der Waals surface area contributed by atoms with E-state index in [1.807, 2.05) is 56.3 Å². The zero-order valence-electron chi connectivity index (χ0n) is 26.1. The van der Waals surface area contributed by atoms with Crippen LogP contribution in [0.25, 0.3) is 0 Å². The van der Waals surface area contributed by atoms with E-state index in [2.05, 4.69) is 43.2 Å². The molecule has 0 saturated carbocycles. The number of likely N-dealkylation sites (N-methyl/N-ethyl adjacent to an activating group) is 1. The zero-order valence-corrected chi connectivity index (χ0v) is 26.1. The van der Waals surface area contributed by atoms with E-state index in [9.17, 15) is 14.4 Å². The van der Waals surface area contributed by atoms with Gasteiger partial charge in [0.25, 0.3) is 0 Å². The van der Waals surface area contributed by atoms with E-state index in [-0.39, 0.29) is 31.5 Å². The first kappa shape index (κ1) is 34.4. The Morgan fingerprint density at radius 2 is 1.57 bits per heavy atom. The lowest BCUT2D eigenvalue weighted by Crippen LogP contribution is -2.32. The standard InChI is InChI=1S/C32H48N4O6/c1-8-25(18-30(38)41-21-42-32(40)35(7)15-16-37)26-11-14-29(36(19-22(2)3)20-23(4)5)28(17-26)34-31(39)33-27-12-9-24(6)10-13-27/h9-14,17,22-23,25,37H,8,15-16,18-21H2,1-7H3,(H2,33,34,39)/t25-/m0/s1. The molecular weight excluding hydrogens is 536 g/mol. The molecule has 0 aliphatic carbocycles. The summed E-state index contributed by atoms with van der Waals surface area (Å²) in [7, 11) is 1.48. The SMILES string of the molecule is CC[C@@H](CC(=O)OCOC(=O)N(C)CCO)c1ccc(N(CC(C)C)CC(C)C)c(NC(=O)Nc2ccc(C)cc2)c1. The average Bonchev–Trinajstić information content (AvgIpc) is 2.92. The first-order valence-corrected chi connectivity index (χ1v) is 14.6. The summed E-state index contributed by atoms with van der Waals surface area (Å²) in [5.74, 6) is 0.141. The number of amides is 3. The van der Waals surface area contributed by atoms with Crippen LogP contribution in [0.5, 0.6) is 0 Å². The van der Waals surface area contributed by atoms with E-state index in [0.717, 1.165) is 29.9 Å². The molecule has 1 atom stereocenters. The zero-order chi connectivity index (χ0) is 31.2. The Balaban J connectivity index is 2.26. The third-order valence-corrected chi connectivity index (χ3v) is 6.62. The van der Waals surface area contributed by atoms with Crippen LogP contribution in [-0.2, 0) is 14.3 Å². The number of esters is 1. The summed E-state index contributed by atoms with van der Waals surface area (Å²) in [5, 5.41) is 14.9.